The Balaban J connectivity index is 1.52. The maximum absolute atomic E-state index is 12.2. The fraction of sp³-hybridized carbons (Fsp3) is 0.632. The van der Waals surface area contributed by atoms with Gasteiger partial charge in [-0.2, -0.15) is 0 Å². The fourth-order valence-corrected chi connectivity index (χ4v) is 4.64. The van der Waals surface area contributed by atoms with Gasteiger partial charge in [-0.15, -0.1) is 0 Å². The molecule has 134 valence electrons. The topological polar surface area (TPSA) is 65.5 Å². The molecule has 3 saturated heterocycles. The second kappa shape index (κ2) is 6.32. The average molecular weight is 342 g/mol. The van der Waals surface area contributed by atoms with Crippen LogP contribution in [0.2, 0.25) is 0 Å². The Morgan fingerprint density at radius 2 is 1.88 bits per heavy atom. The average Bonchev–Trinajstić information content (AvgIpc) is 2.85. The second-order valence-corrected chi connectivity index (χ2v) is 7.82. The van der Waals surface area contributed by atoms with E-state index < -0.39 is 0 Å². The molecule has 0 aliphatic carbocycles. The van der Waals surface area contributed by atoms with Crippen LogP contribution in [-0.2, 0) is 4.79 Å². The van der Waals surface area contributed by atoms with Gasteiger partial charge in [0, 0.05) is 37.3 Å². The quantitative estimate of drug-likeness (QED) is 0.917. The molecule has 0 aromatic carbocycles. The van der Waals surface area contributed by atoms with Crippen LogP contribution >= 0.6 is 0 Å². The van der Waals surface area contributed by atoms with E-state index in [1.165, 1.54) is 5.56 Å². The van der Waals surface area contributed by atoms with Crippen LogP contribution < -0.4 is 10.2 Å². The number of pyridine rings is 1. The highest BCUT2D eigenvalue weighted by molar-refractivity contribution is 5.96. The summed E-state index contributed by atoms with van der Waals surface area (Å²) in [6.45, 7) is 4.96. The van der Waals surface area contributed by atoms with Gasteiger partial charge in [0.1, 0.15) is 5.82 Å². The summed E-state index contributed by atoms with van der Waals surface area (Å²) in [5.41, 5.74) is 1.32. The molecule has 3 amide bonds. The summed E-state index contributed by atoms with van der Waals surface area (Å²) in [6.07, 6.45) is 6.57. The molecule has 1 aromatic rings. The minimum Gasteiger partial charge on any atom is -0.350 e. The van der Waals surface area contributed by atoms with E-state index in [9.17, 15) is 9.59 Å². The van der Waals surface area contributed by atoms with E-state index in [1.54, 1.807) is 0 Å². The smallest absolute Gasteiger partial charge is 0.324 e. The monoisotopic (exact) mass is 342 g/mol. The molecule has 0 radical (unpaired) electrons. The van der Waals surface area contributed by atoms with Crippen LogP contribution in [0.3, 0.4) is 0 Å². The third-order valence-electron chi connectivity index (χ3n) is 5.94. The van der Waals surface area contributed by atoms with Gasteiger partial charge in [-0.3, -0.25) is 10.1 Å². The Kier molecular flexibility index (Phi) is 4.13. The van der Waals surface area contributed by atoms with Gasteiger partial charge >= 0.3 is 6.03 Å². The summed E-state index contributed by atoms with van der Waals surface area (Å²) in [7, 11) is 0. The molecule has 1 aromatic heterocycles. The van der Waals surface area contributed by atoms with Gasteiger partial charge < -0.3 is 9.80 Å². The van der Waals surface area contributed by atoms with Crippen molar-refractivity contribution in [3.63, 3.8) is 0 Å². The Bertz CT molecular complexity index is 676. The number of nitrogens with zero attached hydrogens (tertiary/aromatic N) is 3. The van der Waals surface area contributed by atoms with E-state index in [0.29, 0.717) is 31.0 Å². The van der Waals surface area contributed by atoms with Crippen LogP contribution in [0.4, 0.5) is 10.6 Å². The van der Waals surface area contributed by atoms with Crippen LogP contribution in [0, 0.1) is 0 Å². The molecule has 3 fully saturated rings. The molecule has 6 nitrogen and oxygen atoms in total. The molecule has 2 bridgehead atoms. The highest BCUT2D eigenvalue weighted by atomic mass is 16.2. The Morgan fingerprint density at radius 1 is 1.16 bits per heavy atom. The summed E-state index contributed by atoms with van der Waals surface area (Å²) in [5, 5.41) is 2.46. The minimum absolute atomic E-state index is 0.156. The zero-order valence-corrected chi connectivity index (χ0v) is 14.9. The van der Waals surface area contributed by atoms with E-state index in [2.05, 4.69) is 41.2 Å². The number of anilines is 1. The summed E-state index contributed by atoms with van der Waals surface area (Å²) in [6, 6.07) is 5.21. The van der Waals surface area contributed by atoms with Crippen molar-refractivity contribution < 1.29 is 9.59 Å². The van der Waals surface area contributed by atoms with Crippen LogP contribution in [0.15, 0.2) is 18.3 Å². The van der Waals surface area contributed by atoms with E-state index in [1.807, 2.05) is 11.1 Å². The Labute approximate surface area is 148 Å². The summed E-state index contributed by atoms with van der Waals surface area (Å²) in [5.74, 6) is 1.42. The second-order valence-electron chi connectivity index (χ2n) is 7.82. The first-order chi connectivity index (χ1) is 12.0. The molecule has 0 saturated carbocycles. The van der Waals surface area contributed by atoms with E-state index >= 15 is 0 Å². The van der Waals surface area contributed by atoms with E-state index in [0.717, 1.165) is 31.5 Å². The first-order valence-corrected chi connectivity index (χ1v) is 9.37. The minimum atomic E-state index is -0.214. The predicted molar refractivity (Wildman–Crippen MR) is 95.5 cm³/mol. The number of hydrogen-bond donors (Lipinski definition) is 1. The van der Waals surface area contributed by atoms with Gasteiger partial charge in [0.2, 0.25) is 5.91 Å². The maximum atomic E-state index is 12.2. The van der Waals surface area contributed by atoms with Crippen LogP contribution in [0.1, 0.15) is 57.4 Å². The van der Waals surface area contributed by atoms with Gasteiger partial charge in [-0.1, -0.05) is 13.8 Å². The van der Waals surface area contributed by atoms with E-state index in [4.69, 9.17) is 0 Å². The van der Waals surface area contributed by atoms with Crippen molar-refractivity contribution in [3.05, 3.63) is 23.9 Å². The van der Waals surface area contributed by atoms with Crippen molar-refractivity contribution in [1.29, 1.82) is 0 Å². The molecular weight excluding hydrogens is 316 g/mol. The Hall–Kier alpha value is -2.11. The number of amides is 3. The largest absolute Gasteiger partial charge is 0.350 e. The summed E-state index contributed by atoms with van der Waals surface area (Å²) < 4.78 is 0. The molecule has 3 aliphatic rings. The van der Waals surface area contributed by atoms with Crippen LogP contribution in [0.5, 0.6) is 0 Å². The van der Waals surface area contributed by atoms with Gasteiger partial charge in [0.15, 0.2) is 0 Å². The van der Waals surface area contributed by atoms with Gasteiger partial charge in [-0.25, -0.2) is 9.78 Å². The number of imide groups is 1. The molecule has 2 atom stereocenters. The lowest BCUT2D eigenvalue weighted by Gasteiger charge is -2.44. The third kappa shape index (κ3) is 2.98. The summed E-state index contributed by atoms with van der Waals surface area (Å²) >= 11 is 0. The number of carbonyl (C=O) groups excluding carboxylic acids is 2. The lowest BCUT2D eigenvalue weighted by molar-refractivity contribution is -0.121. The van der Waals surface area contributed by atoms with Crippen molar-refractivity contribution in [1.82, 2.24) is 15.2 Å². The molecule has 6 heteroatoms. The number of fused-ring (bicyclic) bond motifs is 2. The first-order valence-electron chi connectivity index (χ1n) is 9.37. The van der Waals surface area contributed by atoms with Crippen molar-refractivity contribution in [2.75, 3.05) is 11.4 Å². The van der Waals surface area contributed by atoms with Crippen molar-refractivity contribution in [3.8, 4) is 0 Å². The molecule has 4 rings (SSSR count). The number of urea groups is 1. The van der Waals surface area contributed by atoms with E-state index in [-0.39, 0.29) is 18.0 Å². The number of carbonyl (C=O) groups is 2. The molecule has 4 heterocycles. The molecule has 2 unspecified atom stereocenters. The van der Waals surface area contributed by atoms with Crippen molar-refractivity contribution in [2.45, 2.75) is 70.0 Å². The molecule has 1 N–H and O–H groups in total. The lowest BCUT2D eigenvalue weighted by atomic mass is 9.95. The molecule has 25 heavy (non-hydrogen) atoms. The zero-order chi connectivity index (χ0) is 17.6. The number of nitrogens with one attached hydrogen (secondary N) is 1. The number of aromatic nitrogens is 1. The lowest BCUT2D eigenvalue weighted by Crippen LogP contribution is -2.58. The highest BCUT2D eigenvalue weighted by Gasteiger charge is 2.44. The van der Waals surface area contributed by atoms with Crippen molar-refractivity contribution in [2.24, 2.45) is 0 Å². The number of piperidine rings is 1. The normalized spacial score (nSPS) is 29.3. The number of rotatable bonds is 3. The van der Waals surface area contributed by atoms with Gasteiger partial charge in [-0.05, 0) is 49.3 Å². The number of hydrogen-bond acceptors (Lipinski definition) is 4. The molecule has 3 aliphatic heterocycles. The SMILES string of the molecule is CC(C)c1ccnc(N2C3CCC2CC(N2CCC(=O)NC2=O)C3)c1. The van der Waals surface area contributed by atoms with Crippen molar-refractivity contribution >= 4 is 17.8 Å². The van der Waals surface area contributed by atoms with Gasteiger partial charge in [0.05, 0.1) is 0 Å². The molecule has 0 spiro atoms. The highest BCUT2D eigenvalue weighted by Crippen LogP contribution is 2.40. The standard InChI is InChI=1S/C19H26N4O2/c1-12(2)13-5-7-20-17(9-13)23-14-3-4-15(23)11-16(10-14)22-8-6-18(24)21-19(22)25/h5,7,9,12,14-16H,3-4,6,8,10-11H2,1-2H3,(H,21,24,25). The predicted octanol–water partition coefficient (Wildman–Crippen LogP) is 2.65. The third-order valence-corrected chi connectivity index (χ3v) is 5.94. The van der Waals surface area contributed by atoms with Gasteiger partial charge in [0.25, 0.3) is 0 Å². The van der Waals surface area contributed by atoms with Crippen LogP contribution in [-0.4, -0.2) is 46.5 Å². The zero-order valence-electron chi connectivity index (χ0n) is 14.9. The first kappa shape index (κ1) is 16.4. The fourth-order valence-electron chi connectivity index (χ4n) is 4.64. The van der Waals surface area contributed by atoms with Crippen LogP contribution in [0.25, 0.3) is 0 Å². The molecular formula is C19H26N4O2. The Morgan fingerprint density at radius 3 is 2.52 bits per heavy atom. The maximum Gasteiger partial charge on any atom is 0.324 e. The summed E-state index contributed by atoms with van der Waals surface area (Å²) in [4.78, 5) is 32.6.